The number of amides is 1. The van der Waals surface area contributed by atoms with Crippen LogP contribution in [0.15, 0.2) is 17.5 Å². The van der Waals surface area contributed by atoms with E-state index in [2.05, 4.69) is 11.4 Å². The number of nitriles is 1. The molecule has 4 nitrogen and oxygen atoms in total. The van der Waals surface area contributed by atoms with Crippen molar-refractivity contribution in [1.29, 1.82) is 5.26 Å². The van der Waals surface area contributed by atoms with Gasteiger partial charge in [-0.1, -0.05) is 6.07 Å². The maximum absolute atomic E-state index is 11.7. The normalized spacial score (nSPS) is 18.5. The molecule has 0 saturated heterocycles. The van der Waals surface area contributed by atoms with Crippen LogP contribution in [0.3, 0.4) is 0 Å². The van der Waals surface area contributed by atoms with Gasteiger partial charge < -0.3 is 11.1 Å². The Labute approximate surface area is 98.1 Å². The van der Waals surface area contributed by atoms with Crippen molar-refractivity contribution in [1.82, 2.24) is 5.32 Å². The van der Waals surface area contributed by atoms with Crippen molar-refractivity contribution in [3.05, 3.63) is 22.4 Å². The minimum Gasteiger partial charge on any atom is -0.336 e. The maximum atomic E-state index is 11.7. The lowest BCUT2D eigenvalue weighted by Crippen LogP contribution is -2.47. The van der Waals surface area contributed by atoms with Crippen molar-refractivity contribution in [3.63, 3.8) is 0 Å². The molecule has 0 aromatic carbocycles. The highest BCUT2D eigenvalue weighted by atomic mass is 32.1. The summed E-state index contributed by atoms with van der Waals surface area (Å²) in [6.45, 7) is 0. The Bertz CT molecular complexity index is 417. The predicted molar refractivity (Wildman–Crippen MR) is 61.7 cm³/mol. The zero-order valence-electron chi connectivity index (χ0n) is 8.77. The number of rotatable bonds is 4. The van der Waals surface area contributed by atoms with Crippen LogP contribution in [-0.2, 0) is 11.2 Å². The zero-order valence-corrected chi connectivity index (χ0v) is 9.59. The van der Waals surface area contributed by atoms with Crippen LogP contribution in [0.1, 0.15) is 17.7 Å². The molecule has 16 heavy (non-hydrogen) atoms. The van der Waals surface area contributed by atoms with E-state index >= 15 is 0 Å². The second-order valence-electron chi connectivity index (χ2n) is 4.07. The Morgan fingerprint density at radius 3 is 3.00 bits per heavy atom. The van der Waals surface area contributed by atoms with E-state index in [-0.39, 0.29) is 5.91 Å². The molecule has 2 rings (SSSR count). The van der Waals surface area contributed by atoms with Crippen LogP contribution in [0.4, 0.5) is 0 Å². The summed E-state index contributed by atoms with van der Waals surface area (Å²) >= 11 is 1.58. The summed E-state index contributed by atoms with van der Waals surface area (Å²) in [4.78, 5) is 12.8. The van der Waals surface area contributed by atoms with E-state index in [9.17, 15) is 4.79 Å². The van der Waals surface area contributed by atoms with E-state index in [4.69, 9.17) is 11.0 Å². The fourth-order valence-electron chi connectivity index (χ4n) is 1.46. The molecule has 0 aliphatic heterocycles. The van der Waals surface area contributed by atoms with Crippen molar-refractivity contribution in [2.24, 2.45) is 5.73 Å². The SMILES string of the molecule is N#CC1(NC(=O)[C@@H](N)Cc2cccs2)CC1. The lowest BCUT2D eigenvalue weighted by molar-refractivity contribution is -0.122. The van der Waals surface area contributed by atoms with Gasteiger partial charge in [-0.2, -0.15) is 5.26 Å². The van der Waals surface area contributed by atoms with Gasteiger partial charge in [-0.25, -0.2) is 0 Å². The first-order valence-electron chi connectivity index (χ1n) is 5.16. The second kappa shape index (κ2) is 4.24. The number of nitrogens with zero attached hydrogens (tertiary/aromatic N) is 1. The Morgan fingerprint density at radius 2 is 2.50 bits per heavy atom. The van der Waals surface area contributed by atoms with E-state index < -0.39 is 11.6 Å². The number of nitrogens with one attached hydrogen (secondary N) is 1. The molecule has 0 unspecified atom stereocenters. The molecule has 1 aromatic rings. The van der Waals surface area contributed by atoms with Crippen molar-refractivity contribution >= 4 is 17.2 Å². The number of hydrogen-bond acceptors (Lipinski definition) is 4. The lowest BCUT2D eigenvalue weighted by atomic mass is 10.1. The molecule has 1 heterocycles. The van der Waals surface area contributed by atoms with Crippen molar-refractivity contribution < 1.29 is 4.79 Å². The number of carbonyl (C=O) groups excluding carboxylic acids is 1. The summed E-state index contributed by atoms with van der Waals surface area (Å²) in [6.07, 6.45) is 2.01. The summed E-state index contributed by atoms with van der Waals surface area (Å²) in [5, 5.41) is 13.5. The van der Waals surface area contributed by atoms with Crippen molar-refractivity contribution in [3.8, 4) is 6.07 Å². The Morgan fingerprint density at radius 1 is 1.75 bits per heavy atom. The third-order valence-electron chi connectivity index (χ3n) is 2.66. The maximum Gasteiger partial charge on any atom is 0.238 e. The highest BCUT2D eigenvalue weighted by molar-refractivity contribution is 7.09. The molecule has 0 bridgehead atoms. The van der Waals surface area contributed by atoms with Crippen LogP contribution in [0, 0.1) is 11.3 Å². The largest absolute Gasteiger partial charge is 0.336 e. The monoisotopic (exact) mass is 235 g/mol. The standard InChI is InChI=1S/C11H13N3OS/c12-7-11(3-4-11)14-10(15)9(13)6-8-2-1-5-16-8/h1-2,5,9H,3-4,6,13H2,(H,14,15)/t9-/m0/s1. The molecule has 0 spiro atoms. The minimum atomic E-state index is -0.621. The molecule has 3 N–H and O–H groups in total. The molecule has 1 aliphatic carbocycles. The van der Waals surface area contributed by atoms with Gasteiger partial charge in [0.05, 0.1) is 12.1 Å². The molecule has 1 aliphatic rings. The average Bonchev–Trinajstić information content (AvgIpc) is 2.85. The van der Waals surface area contributed by atoms with Crippen molar-refractivity contribution in [2.45, 2.75) is 30.8 Å². The van der Waals surface area contributed by atoms with Gasteiger partial charge in [0.15, 0.2) is 0 Å². The van der Waals surface area contributed by atoms with Gasteiger partial charge in [0.25, 0.3) is 0 Å². The lowest BCUT2D eigenvalue weighted by Gasteiger charge is -2.14. The van der Waals surface area contributed by atoms with Crippen LogP contribution in [0.2, 0.25) is 0 Å². The van der Waals surface area contributed by atoms with Crippen LogP contribution in [0.5, 0.6) is 0 Å². The highest BCUT2D eigenvalue weighted by Gasteiger charge is 2.45. The number of nitrogens with two attached hydrogens (primary N) is 1. The summed E-state index contributed by atoms with van der Waals surface area (Å²) in [7, 11) is 0. The first kappa shape index (κ1) is 11.1. The molecule has 0 radical (unpaired) electrons. The number of carbonyl (C=O) groups is 1. The van der Waals surface area contributed by atoms with Gasteiger partial charge in [-0.05, 0) is 24.3 Å². The number of hydrogen-bond donors (Lipinski definition) is 2. The van der Waals surface area contributed by atoms with Gasteiger partial charge in [0.1, 0.15) is 5.54 Å². The molecular formula is C11H13N3OS. The molecule has 1 saturated carbocycles. The molecule has 84 valence electrons. The van der Waals surface area contributed by atoms with E-state index in [1.165, 1.54) is 0 Å². The zero-order chi connectivity index (χ0) is 11.6. The summed E-state index contributed by atoms with van der Waals surface area (Å²) < 4.78 is 0. The quantitative estimate of drug-likeness (QED) is 0.809. The van der Waals surface area contributed by atoms with Gasteiger partial charge in [0, 0.05) is 11.3 Å². The summed E-state index contributed by atoms with van der Waals surface area (Å²) in [5.74, 6) is -0.229. The van der Waals surface area contributed by atoms with Crippen molar-refractivity contribution in [2.75, 3.05) is 0 Å². The Kier molecular flexibility index (Phi) is 2.95. The van der Waals surface area contributed by atoms with E-state index in [0.29, 0.717) is 6.42 Å². The average molecular weight is 235 g/mol. The smallest absolute Gasteiger partial charge is 0.238 e. The fraction of sp³-hybridized carbons (Fsp3) is 0.455. The third-order valence-corrected chi connectivity index (χ3v) is 3.56. The molecule has 1 fully saturated rings. The molecular weight excluding hydrogens is 222 g/mol. The molecule has 1 aromatic heterocycles. The van der Waals surface area contributed by atoms with Crippen LogP contribution < -0.4 is 11.1 Å². The highest BCUT2D eigenvalue weighted by Crippen LogP contribution is 2.34. The summed E-state index contributed by atoms with van der Waals surface area (Å²) in [5.41, 5.74) is 5.16. The van der Waals surface area contributed by atoms with E-state index in [1.807, 2.05) is 17.5 Å². The minimum absolute atomic E-state index is 0.229. The van der Waals surface area contributed by atoms with Crippen LogP contribution in [0.25, 0.3) is 0 Å². The Balaban J connectivity index is 1.88. The Hall–Kier alpha value is -1.38. The van der Waals surface area contributed by atoms with E-state index in [1.54, 1.807) is 11.3 Å². The van der Waals surface area contributed by atoms with Crippen LogP contribution >= 0.6 is 11.3 Å². The molecule has 5 heteroatoms. The fourth-order valence-corrected chi connectivity index (χ4v) is 2.22. The van der Waals surface area contributed by atoms with Gasteiger partial charge in [0.2, 0.25) is 5.91 Å². The van der Waals surface area contributed by atoms with Gasteiger partial charge in [-0.3, -0.25) is 4.79 Å². The van der Waals surface area contributed by atoms with Gasteiger partial charge in [-0.15, -0.1) is 11.3 Å². The predicted octanol–water partition coefficient (Wildman–Crippen LogP) is 0.790. The topological polar surface area (TPSA) is 78.9 Å². The summed E-state index contributed by atoms with van der Waals surface area (Å²) in [6, 6.07) is 5.43. The molecule has 1 atom stereocenters. The van der Waals surface area contributed by atoms with Crippen LogP contribution in [-0.4, -0.2) is 17.5 Å². The van der Waals surface area contributed by atoms with Gasteiger partial charge >= 0.3 is 0 Å². The first-order chi connectivity index (χ1) is 7.65. The number of thiophene rings is 1. The first-order valence-corrected chi connectivity index (χ1v) is 6.04. The second-order valence-corrected chi connectivity index (χ2v) is 5.11. The third kappa shape index (κ3) is 2.40. The van der Waals surface area contributed by atoms with E-state index in [0.717, 1.165) is 17.7 Å². The molecule has 1 amide bonds.